The molecule has 1 saturated carbocycles. The van der Waals surface area contributed by atoms with Gasteiger partial charge < -0.3 is 14.2 Å². The van der Waals surface area contributed by atoms with Gasteiger partial charge in [-0.25, -0.2) is 0 Å². The van der Waals surface area contributed by atoms with Crippen molar-refractivity contribution in [2.45, 2.75) is 38.1 Å². The summed E-state index contributed by atoms with van der Waals surface area (Å²) in [6.45, 7) is 1.34. The lowest BCUT2D eigenvalue weighted by atomic mass is 9.87. The fourth-order valence-electron chi connectivity index (χ4n) is 2.39. The van der Waals surface area contributed by atoms with Crippen molar-refractivity contribution in [2.24, 2.45) is 5.92 Å². The van der Waals surface area contributed by atoms with Crippen molar-refractivity contribution in [1.29, 1.82) is 0 Å². The van der Waals surface area contributed by atoms with Crippen molar-refractivity contribution in [3.8, 4) is 0 Å². The summed E-state index contributed by atoms with van der Waals surface area (Å²) in [6.07, 6.45) is 6.25. The van der Waals surface area contributed by atoms with Crippen molar-refractivity contribution in [1.82, 2.24) is 0 Å². The zero-order chi connectivity index (χ0) is 9.15. The van der Waals surface area contributed by atoms with E-state index in [4.69, 9.17) is 14.2 Å². The highest BCUT2D eigenvalue weighted by molar-refractivity contribution is 4.77. The van der Waals surface area contributed by atoms with Crippen LogP contribution in [0.1, 0.15) is 32.1 Å². The maximum absolute atomic E-state index is 5.58. The Labute approximate surface area is 79.4 Å². The van der Waals surface area contributed by atoms with Crippen LogP contribution in [0.15, 0.2) is 0 Å². The first-order chi connectivity index (χ1) is 6.37. The van der Waals surface area contributed by atoms with Gasteiger partial charge in [0.15, 0.2) is 0 Å². The monoisotopic (exact) mass is 186 g/mol. The molecule has 0 bridgehead atoms. The smallest absolute Gasteiger partial charge is 0.285 e. The van der Waals surface area contributed by atoms with Crippen molar-refractivity contribution in [3.05, 3.63) is 0 Å². The first-order valence-corrected chi connectivity index (χ1v) is 5.20. The molecule has 0 aromatic heterocycles. The molecule has 0 aromatic carbocycles. The molecule has 1 saturated heterocycles. The molecule has 0 atom stereocenters. The summed E-state index contributed by atoms with van der Waals surface area (Å²) in [4.78, 5) is 0. The largest absolute Gasteiger partial charge is 0.331 e. The second kappa shape index (κ2) is 3.95. The normalized spacial score (nSPS) is 29.3. The maximum Gasteiger partial charge on any atom is 0.285 e. The van der Waals surface area contributed by atoms with Crippen molar-refractivity contribution >= 4 is 0 Å². The topological polar surface area (TPSA) is 27.7 Å². The van der Waals surface area contributed by atoms with Gasteiger partial charge in [-0.05, 0) is 12.8 Å². The van der Waals surface area contributed by atoms with Crippen LogP contribution < -0.4 is 0 Å². The molecule has 2 rings (SSSR count). The van der Waals surface area contributed by atoms with Crippen LogP contribution in [0, 0.1) is 5.92 Å². The van der Waals surface area contributed by atoms with Gasteiger partial charge in [0.25, 0.3) is 5.97 Å². The lowest BCUT2D eigenvalue weighted by Crippen LogP contribution is -2.42. The maximum atomic E-state index is 5.58. The molecule has 0 aromatic rings. The molecule has 13 heavy (non-hydrogen) atoms. The second-order valence-electron chi connectivity index (χ2n) is 3.84. The quantitative estimate of drug-likeness (QED) is 0.659. The molecule has 0 amide bonds. The number of rotatable bonds is 2. The zero-order valence-electron chi connectivity index (χ0n) is 8.25. The van der Waals surface area contributed by atoms with E-state index in [9.17, 15) is 0 Å². The lowest BCUT2D eigenvalue weighted by Gasteiger charge is -2.35. The van der Waals surface area contributed by atoms with Gasteiger partial charge in [0, 0.05) is 13.0 Å². The standard InChI is InChI=1S/C10H18O3/c1-11-10(12-7-8-13-10)9-5-3-2-4-6-9/h9H,2-8H2,1H3. The molecule has 0 spiro atoms. The van der Waals surface area contributed by atoms with Crippen LogP contribution >= 0.6 is 0 Å². The molecule has 76 valence electrons. The van der Waals surface area contributed by atoms with Gasteiger partial charge in [0.1, 0.15) is 0 Å². The van der Waals surface area contributed by atoms with E-state index in [1.807, 2.05) is 0 Å². The van der Waals surface area contributed by atoms with Crippen LogP contribution in [0.2, 0.25) is 0 Å². The van der Waals surface area contributed by atoms with Gasteiger partial charge in [0.05, 0.1) is 13.2 Å². The summed E-state index contributed by atoms with van der Waals surface area (Å²) in [7, 11) is 1.68. The molecule has 1 aliphatic heterocycles. The number of methoxy groups -OCH3 is 1. The van der Waals surface area contributed by atoms with E-state index < -0.39 is 5.97 Å². The molecule has 3 heteroatoms. The molecule has 3 nitrogen and oxygen atoms in total. The van der Waals surface area contributed by atoms with Crippen LogP contribution in [-0.2, 0) is 14.2 Å². The van der Waals surface area contributed by atoms with Crippen LogP contribution in [0.3, 0.4) is 0 Å². The summed E-state index contributed by atoms with van der Waals surface area (Å²) < 4.78 is 16.6. The SMILES string of the molecule is COC1(C2CCCCC2)OCCO1. The van der Waals surface area contributed by atoms with Gasteiger partial charge in [-0.1, -0.05) is 19.3 Å². The van der Waals surface area contributed by atoms with Gasteiger partial charge >= 0.3 is 0 Å². The van der Waals surface area contributed by atoms with Crippen molar-refractivity contribution < 1.29 is 14.2 Å². The molecule has 2 aliphatic rings. The first kappa shape index (κ1) is 9.44. The summed E-state index contributed by atoms with van der Waals surface area (Å²) in [5, 5.41) is 0. The minimum Gasteiger partial charge on any atom is -0.331 e. The van der Waals surface area contributed by atoms with Crippen molar-refractivity contribution in [2.75, 3.05) is 20.3 Å². The second-order valence-corrected chi connectivity index (χ2v) is 3.84. The Morgan fingerprint density at radius 2 is 1.69 bits per heavy atom. The Morgan fingerprint density at radius 1 is 1.08 bits per heavy atom. The van der Waals surface area contributed by atoms with Gasteiger partial charge in [-0.15, -0.1) is 0 Å². The highest BCUT2D eigenvalue weighted by Crippen LogP contribution is 2.38. The zero-order valence-corrected chi connectivity index (χ0v) is 8.25. The van der Waals surface area contributed by atoms with E-state index in [1.165, 1.54) is 32.1 Å². The van der Waals surface area contributed by atoms with Gasteiger partial charge in [-0.2, -0.15) is 0 Å². The molecular weight excluding hydrogens is 168 g/mol. The first-order valence-electron chi connectivity index (χ1n) is 5.20. The summed E-state index contributed by atoms with van der Waals surface area (Å²) in [6, 6.07) is 0. The lowest BCUT2D eigenvalue weighted by molar-refractivity contribution is -0.351. The Bertz CT molecular complexity index is 158. The highest BCUT2D eigenvalue weighted by Gasteiger charge is 2.45. The summed E-state index contributed by atoms with van der Waals surface area (Å²) >= 11 is 0. The molecule has 2 fully saturated rings. The van der Waals surface area contributed by atoms with E-state index in [0.29, 0.717) is 19.1 Å². The third-order valence-electron chi connectivity index (χ3n) is 3.08. The van der Waals surface area contributed by atoms with Crippen molar-refractivity contribution in [3.63, 3.8) is 0 Å². The number of hydrogen-bond acceptors (Lipinski definition) is 3. The van der Waals surface area contributed by atoms with Gasteiger partial charge in [-0.3, -0.25) is 0 Å². The molecule has 0 N–H and O–H groups in total. The molecule has 0 unspecified atom stereocenters. The Hall–Kier alpha value is -0.120. The van der Waals surface area contributed by atoms with E-state index >= 15 is 0 Å². The van der Waals surface area contributed by atoms with E-state index in [2.05, 4.69) is 0 Å². The Balaban J connectivity index is 2.01. The minimum absolute atomic E-state index is 0.439. The molecular formula is C10H18O3. The fraction of sp³-hybridized carbons (Fsp3) is 1.00. The molecule has 0 radical (unpaired) electrons. The van der Waals surface area contributed by atoms with E-state index in [0.717, 1.165) is 0 Å². The predicted octanol–water partition coefficient (Wildman–Crippen LogP) is 1.91. The Morgan fingerprint density at radius 3 is 2.23 bits per heavy atom. The van der Waals surface area contributed by atoms with Crippen LogP contribution in [0.25, 0.3) is 0 Å². The number of hydrogen-bond donors (Lipinski definition) is 0. The third-order valence-corrected chi connectivity index (χ3v) is 3.08. The average molecular weight is 186 g/mol. The summed E-state index contributed by atoms with van der Waals surface area (Å²) in [5.41, 5.74) is 0. The average Bonchev–Trinajstić information content (AvgIpc) is 2.69. The van der Waals surface area contributed by atoms with Crippen LogP contribution in [-0.4, -0.2) is 26.3 Å². The third kappa shape index (κ3) is 1.73. The fourth-order valence-corrected chi connectivity index (χ4v) is 2.39. The molecule has 1 aliphatic carbocycles. The highest BCUT2D eigenvalue weighted by atomic mass is 16.9. The van der Waals surface area contributed by atoms with E-state index in [-0.39, 0.29) is 0 Å². The van der Waals surface area contributed by atoms with E-state index in [1.54, 1.807) is 7.11 Å². The van der Waals surface area contributed by atoms with Gasteiger partial charge in [0.2, 0.25) is 0 Å². The molecule has 1 heterocycles. The minimum atomic E-state index is -0.694. The van der Waals surface area contributed by atoms with Crippen LogP contribution in [0.4, 0.5) is 0 Å². The summed E-state index contributed by atoms with van der Waals surface area (Å²) in [5.74, 6) is -0.255. The van der Waals surface area contributed by atoms with Crippen LogP contribution in [0.5, 0.6) is 0 Å². The Kier molecular flexibility index (Phi) is 2.86. The predicted molar refractivity (Wildman–Crippen MR) is 48.2 cm³/mol. The number of ether oxygens (including phenoxy) is 3.